The molecule has 0 aromatic heterocycles. The van der Waals surface area contributed by atoms with Crippen LogP contribution in [-0.2, 0) is 16.6 Å². The third-order valence-corrected chi connectivity index (χ3v) is 5.40. The van der Waals surface area contributed by atoms with Gasteiger partial charge in [0, 0.05) is 18.7 Å². The molecule has 0 radical (unpaired) electrons. The average Bonchev–Trinajstić information content (AvgIpc) is 2.64. The predicted molar refractivity (Wildman–Crippen MR) is 101 cm³/mol. The van der Waals surface area contributed by atoms with E-state index in [0.717, 1.165) is 0 Å². The fraction of sp³-hybridized carbons (Fsp3) is 0.316. The van der Waals surface area contributed by atoms with E-state index in [0.29, 0.717) is 11.1 Å². The second-order valence-electron chi connectivity index (χ2n) is 6.21. The number of carbonyl (C=O) groups is 1. The molecule has 158 valence electrons. The SMILES string of the molecule is CCNS(=O)(=O)c1ccc(C)c(C(=O)NCc2cccc(OCC(F)(F)F)c2)c1. The van der Waals surface area contributed by atoms with Gasteiger partial charge in [-0.2, -0.15) is 13.2 Å². The van der Waals surface area contributed by atoms with E-state index < -0.39 is 28.7 Å². The molecule has 10 heteroatoms. The van der Waals surface area contributed by atoms with Crippen molar-refractivity contribution in [3.8, 4) is 5.75 Å². The molecule has 0 aliphatic heterocycles. The molecule has 0 saturated carbocycles. The van der Waals surface area contributed by atoms with Gasteiger partial charge < -0.3 is 10.1 Å². The Morgan fingerprint density at radius 1 is 1.14 bits per heavy atom. The Balaban J connectivity index is 2.10. The molecule has 0 bridgehead atoms. The molecule has 6 nitrogen and oxygen atoms in total. The molecular weight excluding hydrogens is 409 g/mol. The lowest BCUT2D eigenvalue weighted by atomic mass is 10.1. The zero-order valence-electron chi connectivity index (χ0n) is 15.8. The van der Waals surface area contributed by atoms with Crippen LogP contribution in [0, 0.1) is 6.92 Å². The van der Waals surface area contributed by atoms with Crippen LogP contribution in [0.25, 0.3) is 0 Å². The van der Waals surface area contributed by atoms with Gasteiger partial charge in [-0.25, -0.2) is 13.1 Å². The smallest absolute Gasteiger partial charge is 0.422 e. The first-order valence-electron chi connectivity index (χ1n) is 8.69. The van der Waals surface area contributed by atoms with E-state index >= 15 is 0 Å². The standard InChI is InChI=1S/C19H21F3N2O4S/c1-3-24-29(26,27)16-8-7-13(2)17(10-16)18(25)23-11-14-5-4-6-15(9-14)28-12-19(20,21)22/h4-10,24H,3,11-12H2,1-2H3,(H,23,25). The van der Waals surface area contributed by atoms with Crippen LogP contribution in [-0.4, -0.2) is 33.7 Å². The number of rotatable bonds is 8. The second kappa shape index (κ2) is 9.27. The van der Waals surface area contributed by atoms with Gasteiger partial charge in [0.25, 0.3) is 5.91 Å². The lowest BCUT2D eigenvalue weighted by Crippen LogP contribution is -2.26. The number of alkyl halides is 3. The van der Waals surface area contributed by atoms with E-state index in [2.05, 4.69) is 14.8 Å². The number of hydrogen-bond acceptors (Lipinski definition) is 4. The summed E-state index contributed by atoms with van der Waals surface area (Å²) in [6.07, 6.45) is -4.44. The molecule has 2 rings (SSSR count). The Labute approximate surface area is 167 Å². The molecule has 2 aromatic carbocycles. The molecule has 2 N–H and O–H groups in total. The number of hydrogen-bond donors (Lipinski definition) is 2. The van der Waals surface area contributed by atoms with E-state index in [1.165, 1.54) is 36.4 Å². The third kappa shape index (κ3) is 6.75. The first-order chi connectivity index (χ1) is 13.5. The van der Waals surface area contributed by atoms with Crippen LogP contribution in [0.15, 0.2) is 47.4 Å². The molecule has 0 heterocycles. The van der Waals surface area contributed by atoms with E-state index in [9.17, 15) is 26.4 Å². The maximum Gasteiger partial charge on any atom is 0.422 e. The van der Waals surface area contributed by atoms with Crippen LogP contribution in [0.5, 0.6) is 5.75 Å². The second-order valence-corrected chi connectivity index (χ2v) is 7.98. The molecule has 1 amide bonds. The van der Waals surface area contributed by atoms with Crippen LogP contribution in [0.2, 0.25) is 0 Å². The first kappa shape index (κ1) is 22.7. The zero-order chi connectivity index (χ0) is 21.7. The molecule has 0 unspecified atom stereocenters. The normalized spacial score (nSPS) is 11.9. The van der Waals surface area contributed by atoms with Crippen molar-refractivity contribution in [2.24, 2.45) is 0 Å². The minimum Gasteiger partial charge on any atom is -0.484 e. The maximum absolute atomic E-state index is 12.5. The van der Waals surface area contributed by atoms with Crippen LogP contribution in [0.1, 0.15) is 28.4 Å². The Morgan fingerprint density at radius 3 is 2.52 bits per heavy atom. The van der Waals surface area contributed by atoms with Crippen molar-refractivity contribution in [2.75, 3.05) is 13.2 Å². The van der Waals surface area contributed by atoms with Gasteiger partial charge in [-0.05, 0) is 42.3 Å². The number of benzene rings is 2. The highest BCUT2D eigenvalue weighted by Gasteiger charge is 2.28. The molecule has 29 heavy (non-hydrogen) atoms. The summed E-state index contributed by atoms with van der Waals surface area (Å²) in [5.74, 6) is -0.471. The van der Waals surface area contributed by atoms with Gasteiger partial charge in [0.1, 0.15) is 5.75 Å². The summed E-state index contributed by atoms with van der Waals surface area (Å²) in [5.41, 5.74) is 1.31. The lowest BCUT2D eigenvalue weighted by Gasteiger charge is -2.12. The molecule has 0 atom stereocenters. The lowest BCUT2D eigenvalue weighted by molar-refractivity contribution is -0.153. The van der Waals surface area contributed by atoms with Crippen LogP contribution < -0.4 is 14.8 Å². The first-order valence-corrected chi connectivity index (χ1v) is 10.2. The molecular formula is C19H21F3N2O4S. The van der Waals surface area contributed by atoms with Gasteiger partial charge in [0.15, 0.2) is 6.61 Å². The minimum atomic E-state index is -4.44. The third-order valence-electron chi connectivity index (χ3n) is 3.85. The molecule has 0 saturated heterocycles. The van der Waals surface area contributed by atoms with Crippen molar-refractivity contribution < 1.29 is 31.1 Å². The van der Waals surface area contributed by atoms with E-state index in [1.807, 2.05) is 0 Å². The van der Waals surface area contributed by atoms with Crippen molar-refractivity contribution in [3.63, 3.8) is 0 Å². The van der Waals surface area contributed by atoms with Gasteiger partial charge >= 0.3 is 6.18 Å². The van der Waals surface area contributed by atoms with E-state index in [1.54, 1.807) is 19.9 Å². The van der Waals surface area contributed by atoms with Crippen molar-refractivity contribution in [3.05, 3.63) is 59.2 Å². The Morgan fingerprint density at radius 2 is 1.86 bits per heavy atom. The quantitative estimate of drug-likeness (QED) is 0.674. The molecule has 0 spiro atoms. The molecule has 0 aliphatic carbocycles. The monoisotopic (exact) mass is 430 g/mol. The predicted octanol–water partition coefficient (Wildman–Crippen LogP) is 3.16. The summed E-state index contributed by atoms with van der Waals surface area (Å²) in [4.78, 5) is 12.5. The number of aryl methyl sites for hydroxylation is 1. The van der Waals surface area contributed by atoms with E-state index in [4.69, 9.17) is 0 Å². The van der Waals surface area contributed by atoms with E-state index in [-0.39, 0.29) is 29.3 Å². The Hall–Kier alpha value is -2.59. The number of halogens is 3. The Bertz CT molecular complexity index is 976. The molecule has 0 aliphatic rings. The van der Waals surface area contributed by atoms with Gasteiger partial charge in [-0.3, -0.25) is 4.79 Å². The average molecular weight is 430 g/mol. The Kier molecular flexibility index (Phi) is 7.26. The summed E-state index contributed by atoms with van der Waals surface area (Å²) in [7, 11) is -3.71. The topological polar surface area (TPSA) is 84.5 Å². The molecule has 2 aromatic rings. The largest absolute Gasteiger partial charge is 0.484 e. The van der Waals surface area contributed by atoms with Crippen molar-refractivity contribution in [1.29, 1.82) is 0 Å². The number of amides is 1. The number of carbonyl (C=O) groups excluding carboxylic acids is 1. The van der Waals surface area contributed by atoms with Crippen molar-refractivity contribution >= 4 is 15.9 Å². The number of sulfonamides is 1. The fourth-order valence-corrected chi connectivity index (χ4v) is 3.54. The fourth-order valence-electron chi connectivity index (χ4n) is 2.47. The summed E-state index contributed by atoms with van der Waals surface area (Å²) < 4.78 is 68.1. The summed E-state index contributed by atoms with van der Waals surface area (Å²) in [6.45, 7) is 2.15. The minimum absolute atomic E-state index is 0.0300. The molecule has 0 fully saturated rings. The highest BCUT2D eigenvalue weighted by atomic mass is 32.2. The zero-order valence-corrected chi connectivity index (χ0v) is 16.7. The van der Waals surface area contributed by atoms with Crippen LogP contribution in [0.4, 0.5) is 13.2 Å². The van der Waals surface area contributed by atoms with Crippen molar-refractivity contribution in [1.82, 2.24) is 10.0 Å². The van der Waals surface area contributed by atoms with Crippen LogP contribution >= 0.6 is 0 Å². The number of ether oxygens (including phenoxy) is 1. The highest BCUT2D eigenvalue weighted by molar-refractivity contribution is 7.89. The van der Waals surface area contributed by atoms with Gasteiger partial charge in [-0.15, -0.1) is 0 Å². The van der Waals surface area contributed by atoms with Gasteiger partial charge in [-0.1, -0.05) is 25.1 Å². The summed E-state index contributed by atoms with van der Waals surface area (Å²) in [5, 5.41) is 2.63. The van der Waals surface area contributed by atoms with Crippen molar-refractivity contribution in [2.45, 2.75) is 31.5 Å². The van der Waals surface area contributed by atoms with Gasteiger partial charge in [0.2, 0.25) is 10.0 Å². The number of nitrogens with one attached hydrogen (secondary N) is 2. The summed E-state index contributed by atoms with van der Waals surface area (Å²) >= 11 is 0. The summed E-state index contributed by atoms with van der Waals surface area (Å²) in [6, 6.07) is 10.1. The van der Waals surface area contributed by atoms with Crippen LogP contribution in [0.3, 0.4) is 0 Å². The maximum atomic E-state index is 12.5. The van der Waals surface area contributed by atoms with Gasteiger partial charge in [0.05, 0.1) is 4.90 Å². The highest BCUT2D eigenvalue weighted by Crippen LogP contribution is 2.20.